The van der Waals surface area contributed by atoms with Crippen molar-refractivity contribution in [1.29, 1.82) is 0 Å². The largest absolute Gasteiger partial charge is 0.274 e. The third-order valence-corrected chi connectivity index (χ3v) is 4.59. The van der Waals surface area contributed by atoms with Crippen molar-refractivity contribution in [2.75, 3.05) is 5.43 Å². The molecule has 0 atom stereocenters. The Morgan fingerprint density at radius 3 is 2.59 bits per heavy atom. The van der Waals surface area contributed by atoms with E-state index in [-0.39, 0.29) is 5.91 Å². The topological polar surface area (TPSA) is 77.6 Å². The Hall–Kier alpha value is -4.26. The molecule has 1 N–H and O–H groups in total. The van der Waals surface area contributed by atoms with E-state index < -0.39 is 0 Å². The highest BCUT2D eigenvalue weighted by Crippen LogP contribution is 2.23. The first-order valence-electron chi connectivity index (χ1n) is 9.08. The Morgan fingerprint density at radius 1 is 0.931 bits per heavy atom. The van der Waals surface area contributed by atoms with Crippen LogP contribution in [0.3, 0.4) is 0 Å². The van der Waals surface area contributed by atoms with Crippen molar-refractivity contribution >= 4 is 16.9 Å². The normalized spacial score (nSPS) is 10.9. The average Bonchev–Trinajstić information content (AvgIpc) is 3.40. The molecule has 3 aromatic heterocycles. The highest BCUT2D eigenvalue weighted by molar-refractivity contribution is 6.05. The third-order valence-electron chi connectivity index (χ3n) is 4.59. The number of nitrogens with zero attached hydrogens (tertiary/aromatic N) is 5. The Balaban J connectivity index is 1.57. The monoisotopic (exact) mass is 380 g/mol. The van der Waals surface area contributed by atoms with Gasteiger partial charge >= 0.3 is 0 Å². The van der Waals surface area contributed by atoms with E-state index in [4.69, 9.17) is 0 Å². The van der Waals surface area contributed by atoms with Gasteiger partial charge in [-0.1, -0.05) is 30.3 Å². The van der Waals surface area contributed by atoms with Crippen LogP contribution in [0.1, 0.15) is 10.4 Å². The number of amides is 1. The van der Waals surface area contributed by atoms with Gasteiger partial charge in [-0.3, -0.25) is 15.2 Å². The van der Waals surface area contributed by atoms with Gasteiger partial charge in [0, 0.05) is 24.2 Å². The Bertz CT molecular complexity index is 1290. The summed E-state index contributed by atoms with van der Waals surface area (Å²) in [6.07, 6.45) is 6.70. The molecular formula is C22H16N6O. The first-order chi connectivity index (χ1) is 14.3. The molecule has 0 bridgehead atoms. The first-order valence-corrected chi connectivity index (χ1v) is 9.08. The van der Waals surface area contributed by atoms with Gasteiger partial charge in [0.15, 0.2) is 0 Å². The number of benzene rings is 2. The number of para-hydroxylation sites is 3. The SMILES string of the molecule is O=C(Nn1cnc2ccccc21)c1cn(-c2ccccc2)nc1-c1cccnc1. The number of hydrogen-bond donors (Lipinski definition) is 1. The number of aromatic nitrogens is 5. The second-order valence-corrected chi connectivity index (χ2v) is 6.46. The molecule has 0 unspecified atom stereocenters. The summed E-state index contributed by atoms with van der Waals surface area (Å²) in [6, 6.07) is 21.0. The molecule has 5 rings (SSSR count). The summed E-state index contributed by atoms with van der Waals surface area (Å²) < 4.78 is 3.31. The fourth-order valence-electron chi connectivity index (χ4n) is 3.19. The Morgan fingerprint density at radius 2 is 1.76 bits per heavy atom. The zero-order valence-electron chi connectivity index (χ0n) is 15.3. The lowest BCUT2D eigenvalue weighted by Crippen LogP contribution is -2.22. The standard InChI is InChI=1S/C22H16N6O/c29-22(26-28-15-24-19-10-4-5-11-20(19)28)18-14-27(17-8-2-1-3-9-17)25-21(18)16-7-6-12-23-13-16/h1-15H,(H,26,29). The van der Waals surface area contributed by atoms with Gasteiger partial charge in [0.05, 0.1) is 22.3 Å². The van der Waals surface area contributed by atoms with Crippen molar-refractivity contribution in [2.45, 2.75) is 0 Å². The molecular weight excluding hydrogens is 364 g/mol. The average molecular weight is 380 g/mol. The molecule has 0 saturated carbocycles. The van der Waals surface area contributed by atoms with Crippen LogP contribution in [-0.2, 0) is 0 Å². The molecule has 140 valence electrons. The van der Waals surface area contributed by atoms with Gasteiger partial charge in [-0.2, -0.15) is 5.10 Å². The number of carbonyl (C=O) groups excluding carboxylic acids is 1. The summed E-state index contributed by atoms with van der Waals surface area (Å²) in [5.41, 5.74) is 7.16. The molecule has 0 aliphatic rings. The van der Waals surface area contributed by atoms with E-state index in [0.717, 1.165) is 22.3 Å². The van der Waals surface area contributed by atoms with Crippen molar-refractivity contribution in [3.05, 3.63) is 97.2 Å². The number of rotatable bonds is 4. The van der Waals surface area contributed by atoms with Crippen LogP contribution in [0.5, 0.6) is 0 Å². The number of carbonyl (C=O) groups is 1. The van der Waals surface area contributed by atoms with E-state index in [1.807, 2.05) is 66.7 Å². The molecule has 0 saturated heterocycles. The number of hydrogen-bond acceptors (Lipinski definition) is 4. The number of imidazole rings is 1. The van der Waals surface area contributed by atoms with Crippen LogP contribution in [0.2, 0.25) is 0 Å². The maximum absolute atomic E-state index is 13.2. The van der Waals surface area contributed by atoms with Crippen molar-refractivity contribution in [3.63, 3.8) is 0 Å². The van der Waals surface area contributed by atoms with Crippen LogP contribution in [0, 0.1) is 0 Å². The van der Waals surface area contributed by atoms with Crippen molar-refractivity contribution in [2.24, 2.45) is 0 Å². The fourth-order valence-corrected chi connectivity index (χ4v) is 3.19. The quantitative estimate of drug-likeness (QED) is 0.516. The van der Waals surface area contributed by atoms with Gasteiger partial charge in [0.2, 0.25) is 0 Å². The van der Waals surface area contributed by atoms with Gasteiger partial charge in [-0.15, -0.1) is 0 Å². The van der Waals surface area contributed by atoms with Crippen LogP contribution >= 0.6 is 0 Å². The molecule has 7 nitrogen and oxygen atoms in total. The minimum absolute atomic E-state index is 0.283. The van der Waals surface area contributed by atoms with E-state index in [1.54, 1.807) is 34.3 Å². The van der Waals surface area contributed by atoms with Crippen molar-refractivity contribution in [3.8, 4) is 16.9 Å². The second kappa shape index (κ2) is 7.05. The summed E-state index contributed by atoms with van der Waals surface area (Å²) in [4.78, 5) is 21.6. The van der Waals surface area contributed by atoms with E-state index in [9.17, 15) is 4.79 Å². The molecule has 0 radical (unpaired) electrons. The lowest BCUT2D eigenvalue weighted by molar-refractivity contribution is 0.101. The smallest absolute Gasteiger partial charge is 0.267 e. The number of pyridine rings is 1. The van der Waals surface area contributed by atoms with Crippen molar-refractivity contribution in [1.82, 2.24) is 24.4 Å². The van der Waals surface area contributed by atoms with E-state index in [1.165, 1.54) is 0 Å². The van der Waals surface area contributed by atoms with Crippen LogP contribution in [-0.4, -0.2) is 30.3 Å². The summed E-state index contributed by atoms with van der Waals surface area (Å²) >= 11 is 0. The third kappa shape index (κ3) is 3.14. The van der Waals surface area contributed by atoms with Crippen LogP contribution < -0.4 is 5.43 Å². The predicted molar refractivity (Wildman–Crippen MR) is 110 cm³/mol. The van der Waals surface area contributed by atoms with Crippen molar-refractivity contribution < 1.29 is 4.79 Å². The molecule has 0 aliphatic carbocycles. The first kappa shape index (κ1) is 16.9. The Labute approximate surface area is 166 Å². The Kier molecular flexibility index (Phi) is 4.10. The van der Waals surface area contributed by atoms with E-state index in [2.05, 4.69) is 20.5 Å². The van der Waals surface area contributed by atoms with Gasteiger partial charge < -0.3 is 0 Å². The number of fused-ring (bicyclic) bond motifs is 1. The highest BCUT2D eigenvalue weighted by Gasteiger charge is 2.19. The molecule has 0 fully saturated rings. The molecule has 7 heteroatoms. The fraction of sp³-hybridized carbons (Fsp3) is 0. The molecule has 0 spiro atoms. The summed E-state index contributed by atoms with van der Waals surface area (Å²) in [7, 11) is 0. The minimum atomic E-state index is -0.283. The molecule has 1 amide bonds. The predicted octanol–water partition coefficient (Wildman–Crippen LogP) is 3.67. The number of nitrogens with one attached hydrogen (secondary N) is 1. The molecule has 29 heavy (non-hydrogen) atoms. The van der Waals surface area contributed by atoms with Crippen LogP contribution in [0.15, 0.2) is 91.6 Å². The van der Waals surface area contributed by atoms with Crippen LogP contribution in [0.4, 0.5) is 0 Å². The minimum Gasteiger partial charge on any atom is -0.267 e. The van der Waals surface area contributed by atoms with Crippen LogP contribution in [0.25, 0.3) is 28.0 Å². The van der Waals surface area contributed by atoms with E-state index in [0.29, 0.717) is 11.3 Å². The zero-order valence-corrected chi connectivity index (χ0v) is 15.3. The molecule has 0 aliphatic heterocycles. The highest BCUT2D eigenvalue weighted by atomic mass is 16.2. The lowest BCUT2D eigenvalue weighted by Gasteiger charge is -2.07. The van der Waals surface area contributed by atoms with Gasteiger partial charge in [-0.25, -0.2) is 14.3 Å². The maximum atomic E-state index is 13.2. The van der Waals surface area contributed by atoms with Gasteiger partial charge in [-0.05, 0) is 36.4 Å². The van der Waals surface area contributed by atoms with Gasteiger partial charge in [0.25, 0.3) is 5.91 Å². The molecule has 3 heterocycles. The molecule has 2 aromatic carbocycles. The van der Waals surface area contributed by atoms with Gasteiger partial charge in [0.1, 0.15) is 12.0 Å². The lowest BCUT2D eigenvalue weighted by atomic mass is 10.1. The van der Waals surface area contributed by atoms with E-state index >= 15 is 0 Å². The molecule has 5 aromatic rings. The zero-order chi connectivity index (χ0) is 19.6. The second-order valence-electron chi connectivity index (χ2n) is 6.46. The summed E-state index contributed by atoms with van der Waals surface area (Å²) in [6.45, 7) is 0. The summed E-state index contributed by atoms with van der Waals surface area (Å²) in [5, 5.41) is 4.65. The maximum Gasteiger partial charge on any atom is 0.274 e. The summed E-state index contributed by atoms with van der Waals surface area (Å²) in [5.74, 6) is -0.283.